The molecule has 1 saturated heterocycles. The fourth-order valence-corrected chi connectivity index (χ4v) is 1.72. The molecule has 1 aliphatic rings. The minimum Gasteiger partial charge on any atom is -0.343 e. The second kappa shape index (κ2) is 9.60. The Hall–Kier alpha value is -0.610. The van der Waals surface area contributed by atoms with Crippen molar-refractivity contribution >= 4 is 5.91 Å². The van der Waals surface area contributed by atoms with Gasteiger partial charge in [0.25, 0.3) is 0 Å². The lowest BCUT2D eigenvalue weighted by Gasteiger charge is -2.30. The molecule has 1 fully saturated rings. The van der Waals surface area contributed by atoms with E-state index in [9.17, 15) is 4.79 Å². The third-order valence-electron chi connectivity index (χ3n) is 2.79. The van der Waals surface area contributed by atoms with E-state index in [1.54, 1.807) is 0 Å². The van der Waals surface area contributed by atoms with Gasteiger partial charge >= 0.3 is 0 Å². The molecule has 1 heterocycles. The molecule has 1 amide bonds. The number of nitrogens with zero attached hydrogens (tertiary/aromatic N) is 1. The standard InChI is InChI=1S/C10H20N2O2.C2H6/c1-9-4-6-12(7-5-9)10(13)3-2-8-14-11;1-2/h9H,2-8,11H2,1H3;1-2H3. The van der Waals surface area contributed by atoms with Crippen LogP contribution in [0.15, 0.2) is 0 Å². The number of hydrogen-bond donors (Lipinski definition) is 1. The molecular weight excluding hydrogens is 204 g/mol. The van der Waals surface area contributed by atoms with Crippen molar-refractivity contribution in [2.45, 2.75) is 46.5 Å². The Kier molecular flexibility index (Phi) is 9.24. The zero-order chi connectivity index (χ0) is 12.4. The van der Waals surface area contributed by atoms with Crippen LogP contribution < -0.4 is 5.90 Å². The molecule has 4 nitrogen and oxygen atoms in total. The number of likely N-dealkylation sites (tertiary alicyclic amines) is 1. The zero-order valence-electron chi connectivity index (χ0n) is 10.9. The van der Waals surface area contributed by atoms with E-state index in [2.05, 4.69) is 11.8 Å². The molecule has 1 aliphatic heterocycles. The van der Waals surface area contributed by atoms with Crippen molar-refractivity contribution in [3.63, 3.8) is 0 Å². The Labute approximate surface area is 99.1 Å². The first-order chi connectivity index (χ1) is 7.74. The summed E-state index contributed by atoms with van der Waals surface area (Å²) >= 11 is 0. The molecule has 0 atom stereocenters. The number of hydrogen-bond acceptors (Lipinski definition) is 3. The summed E-state index contributed by atoms with van der Waals surface area (Å²) in [5.41, 5.74) is 0. The zero-order valence-corrected chi connectivity index (χ0v) is 10.9. The van der Waals surface area contributed by atoms with E-state index >= 15 is 0 Å². The largest absolute Gasteiger partial charge is 0.343 e. The summed E-state index contributed by atoms with van der Waals surface area (Å²) in [6.07, 6.45) is 3.56. The molecule has 0 aliphatic carbocycles. The Bertz CT molecular complexity index is 178. The predicted octanol–water partition coefficient (Wildman–Crippen LogP) is 1.94. The average molecular weight is 230 g/mol. The Morgan fingerprint density at radius 1 is 1.38 bits per heavy atom. The van der Waals surface area contributed by atoms with Crippen molar-refractivity contribution in [3.05, 3.63) is 0 Å². The first-order valence-corrected chi connectivity index (χ1v) is 6.33. The SMILES string of the molecule is CC.CC1CCN(C(=O)CCCON)CC1. The van der Waals surface area contributed by atoms with Crippen LogP contribution in [0, 0.1) is 5.92 Å². The fourth-order valence-electron chi connectivity index (χ4n) is 1.72. The van der Waals surface area contributed by atoms with Gasteiger partial charge in [-0.05, 0) is 25.2 Å². The van der Waals surface area contributed by atoms with Crippen molar-refractivity contribution in [2.24, 2.45) is 11.8 Å². The lowest BCUT2D eigenvalue weighted by atomic mass is 9.99. The van der Waals surface area contributed by atoms with Crippen LogP contribution in [0.4, 0.5) is 0 Å². The van der Waals surface area contributed by atoms with Crippen molar-refractivity contribution < 1.29 is 9.63 Å². The molecule has 0 unspecified atom stereocenters. The molecule has 0 aromatic carbocycles. The minimum absolute atomic E-state index is 0.244. The van der Waals surface area contributed by atoms with E-state index in [1.807, 2.05) is 18.7 Å². The van der Waals surface area contributed by atoms with Crippen molar-refractivity contribution in [3.8, 4) is 0 Å². The maximum absolute atomic E-state index is 11.6. The maximum atomic E-state index is 11.6. The van der Waals surface area contributed by atoms with Gasteiger partial charge in [0.1, 0.15) is 0 Å². The third-order valence-corrected chi connectivity index (χ3v) is 2.79. The van der Waals surface area contributed by atoms with Gasteiger partial charge in [-0.1, -0.05) is 20.8 Å². The van der Waals surface area contributed by atoms with Gasteiger partial charge in [-0.15, -0.1) is 0 Å². The van der Waals surface area contributed by atoms with Gasteiger partial charge in [0.2, 0.25) is 5.91 Å². The Morgan fingerprint density at radius 2 is 1.94 bits per heavy atom. The molecule has 0 aromatic rings. The topological polar surface area (TPSA) is 55.6 Å². The minimum atomic E-state index is 0.244. The van der Waals surface area contributed by atoms with E-state index in [0.29, 0.717) is 13.0 Å². The van der Waals surface area contributed by atoms with Crippen molar-refractivity contribution in [1.29, 1.82) is 0 Å². The summed E-state index contributed by atoms with van der Waals surface area (Å²) < 4.78 is 0. The Balaban J connectivity index is 0.00000106. The third kappa shape index (κ3) is 6.08. The van der Waals surface area contributed by atoms with Crippen LogP contribution in [0.2, 0.25) is 0 Å². The molecule has 0 bridgehead atoms. The number of nitrogens with two attached hydrogens (primary N) is 1. The van der Waals surface area contributed by atoms with Crippen LogP contribution in [0.5, 0.6) is 0 Å². The molecular formula is C12H26N2O2. The van der Waals surface area contributed by atoms with E-state index in [4.69, 9.17) is 5.90 Å². The normalized spacial score (nSPS) is 16.6. The van der Waals surface area contributed by atoms with Gasteiger partial charge in [-0.2, -0.15) is 0 Å². The highest BCUT2D eigenvalue weighted by molar-refractivity contribution is 5.76. The van der Waals surface area contributed by atoms with Crippen molar-refractivity contribution in [1.82, 2.24) is 4.90 Å². The van der Waals surface area contributed by atoms with E-state index in [1.165, 1.54) is 0 Å². The second-order valence-electron chi connectivity index (χ2n) is 4.04. The summed E-state index contributed by atoms with van der Waals surface area (Å²) in [6.45, 7) is 8.55. The van der Waals surface area contributed by atoms with Gasteiger partial charge in [0, 0.05) is 19.5 Å². The molecule has 0 radical (unpaired) electrons. The van der Waals surface area contributed by atoms with Gasteiger partial charge < -0.3 is 9.74 Å². The summed E-state index contributed by atoms with van der Waals surface area (Å²) in [4.78, 5) is 18.0. The fraction of sp³-hybridized carbons (Fsp3) is 0.917. The molecule has 2 N–H and O–H groups in total. The molecule has 0 aromatic heterocycles. The average Bonchev–Trinajstić information content (AvgIpc) is 2.33. The van der Waals surface area contributed by atoms with Crippen LogP contribution in [-0.2, 0) is 9.63 Å². The second-order valence-corrected chi connectivity index (χ2v) is 4.04. The number of piperidine rings is 1. The van der Waals surface area contributed by atoms with Crippen LogP contribution in [-0.4, -0.2) is 30.5 Å². The molecule has 1 rings (SSSR count). The highest BCUT2D eigenvalue weighted by atomic mass is 16.6. The highest BCUT2D eigenvalue weighted by Gasteiger charge is 2.19. The van der Waals surface area contributed by atoms with Crippen LogP contribution in [0.3, 0.4) is 0 Å². The highest BCUT2D eigenvalue weighted by Crippen LogP contribution is 2.16. The van der Waals surface area contributed by atoms with Crippen LogP contribution >= 0.6 is 0 Å². The number of amides is 1. The number of carbonyl (C=O) groups is 1. The maximum Gasteiger partial charge on any atom is 0.222 e. The summed E-state index contributed by atoms with van der Waals surface area (Å²) in [7, 11) is 0. The molecule has 4 heteroatoms. The number of carbonyl (C=O) groups excluding carboxylic acids is 1. The summed E-state index contributed by atoms with van der Waals surface area (Å²) in [6, 6.07) is 0. The predicted molar refractivity (Wildman–Crippen MR) is 65.7 cm³/mol. The lowest BCUT2D eigenvalue weighted by molar-refractivity contribution is -0.132. The number of rotatable bonds is 4. The van der Waals surface area contributed by atoms with Gasteiger partial charge in [0.15, 0.2) is 0 Å². The quantitative estimate of drug-likeness (QED) is 0.593. The molecule has 96 valence electrons. The van der Waals surface area contributed by atoms with E-state index < -0.39 is 0 Å². The van der Waals surface area contributed by atoms with Crippen molar-refractivity contribution in [2.75, 3.05) is 19.7 Å². The van der Waals surface area contributed by atoms with E-state index in [0.717, 1.165) is 38.3 Å². The molecule has 0 spiro atoms. The first-order valence-electron chi connectivity index (χ1n) is 6.33. The molecule has 0 saturated carbocycles. The first kappa shape index (κ1) is 15.4. The Morgan fingerprint density at radius 3 is 2.44 bits per heavy atom. The van der Waals surface area contributed by atoms with Crippen LogP contribution in [0.25, 0.3) is 0 Å². The summed E-state index contributed by atoms with van der Waals surface area (Å²) in [5.74, 6) is 5.90. The van der Waals surface area contributed by atoms with Crippen LogP contribution in [0.1, 0.15) is 46.5 Å². The van der Waals surface area contributed by atoms with E-state index in [-0.39, 0.29) is 5.91 Å². The van der Waals surface area contributed by atoms with Gasteiger partial charge in [-0.25, -0.2) is 5.90 Å². The monoisotopic (exact) mass is 230 g/mol. The molecule has 16 heavy (non-hydrogen) atoms. The lowest BCUT2D eigenvalue weighted by Crippen LogP contribution is -2.37. The van der Waals surface area contributed by atoms with Gasteiger partial charge in [-0.3, -0.25) is 4.79 Å². The van der Waals surface area contributed by atoms with Gasteiger partial charge in [0.05, 0.1) is 6.61 Å². The summed E-state index contributed by atoms with van der Waals surface area (Å²) in [5, 5.41) is 0. The smallest absolute Gasteiger partial charge is 0.222 e.